The van der Waals surface area contributed by atoms with Crippen molar-refractivity contribution < 1.29 is 44.4 Å². The molecule has 1 saturated heterocycles. The Labute approximate surface area is 280 Å². The van der Waals surface area contributed by atoms with Gasteiger partial charge in [0.2, 0.25) is 23.6 Å². The molecule has 0 aliphatic carbocycles. The van der Waals surface area contributed by atoms with E-state index in [1.54, 1.807) is 58.0 Å². The summed E-state index contributed by atoms with van der Waals surface area (Å²) in [6.07, 6.45) is 0.0505. The largest absolute Gasteiger partial charge is 0.508 e. The van der Waals surface area contributed by atoms with Gasteiger partial charge in [0.05, 0.1) is 17.3 Å². The van der Waals surface area contributed by atoms with Gasteiger partial charge in [0.15, 0.2) is 0 Å². The van der Waals surface area contributed by atoms with E-state index >= 15 is 0 Å². The Kier molecular flexibility index (Phi) is 12.0. The number of benzene rings is 2. The number of phenols is 3. The summed E-state index contributed by atoms with van der Waals surface area (Å²) in [7, 11) is 2.18. The van der Waals surface area contributed by atoms with Gasteiger partial charge < -0.3 is 47.4 Å². The fraction of sp³-hybridized carbons (Fsp3) is 0.452. The zero-order valence-electron chi connectivity index (χ0n) is 26.6. The first kappa shape index (κ1) is 37.3. The van der Waals surface area contributed by atoms with Crippen molar-refractivity contribution in [2.75, 3.05) is 6.54 Å². The van der Waals surface area contributed by atoms with Crippen molar-refractivity contribution in [3.63, 3.8) is 0 Å². The van der Waals surface area contributed by atoms with E-state index in [0.717, 1.165) is 33.7 Å². The zero-order valence-corrected chi connectivity index (χ0v) is 28.2. The van der Waals surface area contributed by atoms with Crippen molar-refractivity contribution in [1.29, 1.82) is 0 Å². The number of hydrogen-bond acceptors (Lipinski definition) is 11. The van der Waals surface area contributed by atoms with Gasteiger partial charge >= 0.3 is 5.97 Å². The highest BCUT2D eigenvalue weighted by Crippen LogP contribution is 2.47. The number of rotatable bonds is 7. The smallest absolute Gasteiger partial charge is 0.327 e. The van der Waals surface area contributed by atoms with Gasteiger partial charge in [0.25, 0.3) is 0 Å². The molecule has 5 atom stereocenters. The molecule has 1 heterocycles. The second kappa shape index (κ2) is 15.2. The molecule has 10 N–H and O–H groups in total. The first-order valence-electron chi connectivity index (χ1n) is 14.7. The Morgan fingerprint density at radius 1 is 0.957 bits per heavy atom. The molecule has 47 heavy (non-hydrogen) atoms. The molecule has 256 valence electrons. The Hall–Kier alpha value is -4.15. The average molecular weight is 692 g/mol. The van der Waals surface area contributed by atoms with Gasteiger partial charge in [0.1, 0.15) is 35.4 Å². The summed E-state index contributed by atoms with van der Waals surface area (Å²) in [5, 5.41) is 50.7. The lowest BCUT2D eigenvalue weighted by Crippen LogP contribution is -2.62. The van der Waals surface area contributed by atoms with E-state index in [9.17, 15) is 44.4 Å². The number of aromatic hydroxyl groups is 3. The minimum atomic E-state index is -1.41. The first-order chi connectivity index (χ1) is 21.8. The molecular formula is C31H41N5O9S2. The second-order valence-corrected chi connectivity index (χ2v) is 15.8. The first-order valence-corrected chi connectivity index (χ1v) is 16.8. The van der Waals surface area contributed by atoms with Gasteiger partial charge in [-0.25, -0.2) is 4.79 Å². The molecule has 0 bridgehead atoms. The van der Waals surface area contributed by atoms with Crippen LogP contribution in [0.25, 0.3) is 0 Å². The number of hydrogen-bond donors (Lipinski definition) is 9. The van der Waals surface area contributed by atoms with Crippen molar-refractivity contribution >= 4 is 51.2 Å². The number of carboxylic acids is 1. The summed E-state index contributed by atoms with van der Waals surface area (Å²) in [6, 6.07) is 5.49. The lowest BCUT2D eigenvalue weighted by Gasteiger charge is -2.38. The summed E-state index contributed by atoms with van der Waals surface area (Å²) < 4.78 is -2.32. The highest BCUT2D eigenvalue weighted by atomic mass is 33.1. The van der Waals surface area contributed by atoms with Gasteiger partial charge in [-0.05, 0) is 33.3 Å². The molecule has 3 rings (SSSR count). The monoisotopic (exact) mass is 691 g/mol. The Morgan fingerprint density at radius 2 is 1.53 bits per heavy atom. The van der Waals surface area contributed by atoms with E-state index in [-0.39, 0.29) is 12.0 Å². The summed E-state index contributed by atoms with van der Waals surface area (Å²) in [5.41, 5.74) is 6.85. The number of carbonyl (C=O) groups is 5. The molecule has 1 aliphatic rings. The van der Waals surface area contributed by atoms with Gasteiger partial charge in [-0.3, -0.25) is 19.2 Å². The molecule has 0 aromatic heterocycles. The minimum absolute atomic E-state index is 0.0505. The van der Waals surface area contributed by atoms with Crippen molar-refractivity contribution in [2.45, 2.75) is 80.6 Å². The lowest BCUT2D eigenvalue weighted by molar-refractivity contribution is -0.143. The van der Waals surface area contributed by atoms with E-state index < -0.39 is 93.0 Å². The molecule has 2 aromatic rings. The number of carboxylic acid groups (broad SMARTS) is 1. The summed E-state index contributed by atoms with van der Waals surface area (Å²) in [4.78, 5) is 65.9. The third-order valence-electron chi connectivity index (χ3n) is 7.72. The van der Waals surface area contributed by atoms with Crippen molar-refractivity contribution in [1.82, 2.24) is 21.3 Å². The number of amides is 4. The minimum Gasteiger partial charge on any atom is -0.508 e. The predicted octanol–water partition coefficient (Wildman–Crippen LogP) is 1.08. The van der Waals surface area contributed by atoms with E-state index in [1.165, 1.54) is 6.92 Å². The van der Waals surface area contributed by atoms with E-state index in [4.69, 9.17) is 5.73 Å². The second-order valence-electron chi connectivity index (χ2n) is 12.3. The van der Waals surface area contributed by atoms with Gasteiger partial charge in [-0.2, -0.15) is 0 Å². The van der Waals surface area contributed by atoms with Crippen LogP contribution in [-0.2, 0) is 30.4 Å². The van der Waals surface area contributed by atoms with E-state index in [2.05, 4.69) is 21.3 Å². The summed E-state index contributed by atoms with van der Waals surface area (Å²) in [5.74, 6) is -6.68. The van der Waals surface area contributed by atoms with Crippen LogP contribution in [0.4, 0.5) is 0 Å². The van der Waals surface area contributed by atoms with Gasteiger partial charge in [0, 0.05) is 34.8 Å². The van der Waals surface area contributed by atoms with Crippen LogP contribution in [0.5, 0.6) is 17.2 Å². The quantitative estimate of drug-likeness (QED) is 0.185. The van der Waals surface area contributed by atoms with Crippen LogP contribution in [0.2, 0.25) is 0 Å². The summed E-state index contributed by atoms with van der Waals surface area (Å²) in [6.45, 7) is 7.39. The third kappa shape index (κ3) is 9.45. The average Bonchev–Trinajstić information content (AvgIpc) is 2.98. The number of nitrogens with two attached hydrogens (primary N) is 1. The molecule has 1 fully saturated rings. The zero-order chi connectivity index (χ0) is 35.3. The fourth-order valence-electron chi connectivity index (χ4n) is 4.94. The Morgan fingerprint density at radius 3 is 2.11 bits per heavy atom. The van der Waals surface area contributed by atoms with Crippen LogP contribution < -0.4 is 27.0 Å². The Balaban J connectivity index is 1.93. The van der Waals surface area contributed by atoms with Crippen LogP contribution >= 0.6 is 21.6 Å². The van der Waals surface area contributed by atoms with Crippen LogP contribution in [0.1, 0.15) is 51.7 Å². The van der Waals surface area contributed by atoms with E-state index in [1.807, 2.05) is 0 Å². The Bertz CT molecular complexity index is 1480. The number of nitrogens with one attached hydrogen (secondary N) is 4. The number of carbonyl (C=O) groups excluding carboxylic acids is 4. The van der Waals surface area contributed by atoms with Crippen LogP contribution in [-0.4, -0.2) is 90.2 Å². The lowest BCUT2D eigenvalue weighted by atomic mass is 9.91. The third-order valence-corrected chi connectivity index (χ3v) is 12.0. The fourth-order valence-corrected chi connectivity index (χ4v) is 7.75. The number of aliphatic carboxylic acids is 1. The van der Waals surface area contributed by atoms with Crippen LogP contribution in [0.15, 0.2) is 42.5 Å². The SMILES string of the molecule is C[C@@H](c1c(O)cc(O)cc1O)[C@@H](N)C(=O)NC1C(=O)NCC(=O)N[C@@H](Cc2ccccc2)C(=O)N[C@@H](C(=O)O)C(C)(C)SSC1(C)C. The maximum Gasteiger partial charge on any atom is 0.327 e. The summed E-state index contributed by atoms with van der Waals surface area (Å²) >= 11 is 0. The normalized spacial score (nSPS) is 23.2. The van der Waals surface area contributed by atoms with Crippen LogP contribution in [0, 0.1) is 0 Å². The van der Waals surface area contributed by atoms with Crippen molar-refractivity contribution in [3.05, 3.63) is 53.6 Å². The molecule has 2 aromatic carbocycles. The highest BCUT2D eigenvalue weighted by Gasteiger charge is 2.44. The van der Waals surface area contributed by atoms with Crippen molar-refractivity contribution in [2.24, 2.45) is 5.73 Å². The predicted molar refractivity (Wildman–Crippen MR) is 178 cm³/mol. The molecule has 1 aliphatic heterocycles. The standard InChI is InChI=1S/C31H41N5O9S2/c1-15(22-19(38)12-17(37)13-20(22)39)23(32)27(42)35-24-28(43)33-14-21(40)34-18(11-16-9-7-6-8-10-16)26(41)36-25(29(44)45)31(4,5)47-46-30(24,2)3/h6-10,12-13,15,18,23-25,37-39H,11,14,32H2,1-5H3,(H,33,43)(H,34,40)(H,35,42)(H,36,41)(H,44,45)/t15-,18-,23+,24?,25-/m0/s1. The molecular weight excluding hydrogens is 651 g/mol. The molecule has 0 spiro atoms. The van der Waals surface area contributed by atoms with Crippen LogP contribution in [0.3, 0.4) is 0 Å². The van der Waals surface area contributed by atoms with E-state index in [0.29, 0.717) is 5.56 Å². The van der Waals surface area contributed by atoms with Gasteiger partial charge in [-0.15, -0.1) is 0 Å². The molecule has 0 radical (unpaired) electrons. The molecule has 4 amide bonds. The van der Waals surface area contributed by atoms with Gasteiger partial charge in [-0.1, -0.05) is 58.8 Å². The molecule has 0 saturated carbocycles. The van der Waals surface area contributed by atoms with Crippen molar-refractivity contribution in [3.8, 4) is 17.2 Å². The topological polar surface area (TPSA) is 240 Å². The molecule has 1 unspecified atom stereocenters. The highest BCUT2D eigenvalue weighted by molar-refractivity contribution is 8.77. The molecule has 16 heteroatoms. The maximum absolute atomic E-state index is 13.6. The molecule has 14 nitrogen and oxygen atoms in total. The number of phenolic OH excluding ortho intramolecular Hbond substituents is 3. The maximum atomic E-state index is 13.6.